The molecular weight excluding hydrogens is 326 g/mol. The highest BCUT2D eigenvalue weighted by Gasteiger charge is 2.41. The fourth-order valence-electron chi connectivity index (χ4n) is 3.14. The summed E-state index contributed by atoms with van der Waals surface area (Å²) in [5.74, 6) is -1.40. The van der Waals surface area contributed by atoms with Crippen molar-refractivity contribution in [3.63, 3.8) is 0 Å². The molecule has 1 saturated heterocycles. The normalized spacial score (nSPS) is 22.2. The summed E-state index contributed by atoms with van der Waals surface area (Å²) in [6.07, 6.45) is 1.24. The lowest BCUT2D eigenvalue weighted by Gasteiger charge is -2.15. The zero-order chi connectivity index (χ0) is 17.6. The molecule has 0 spiro atoms. The molecule has 0 aromatic heterocycles. The lowest BCUT2D eigenvalue weighted by molar-refractivity contribution is -0.121. The number of amides is 4. The van der Waals surface area contributed by atoms with Crippen molar-refractivity contribution < 1.29 is 23.9 Å². The van der Waals surface area contributed by atoms with Crippen molar-refractivity contribution in [1.82, 2.24) is 15.1 Å². The first-order chi connectivity index (χ1) is 12.0. The Balaban J connectivity index is 1.31. The van der Waals surface area contributed by atoms with Crippen LogP contribution in [0.15, 0.2) is 24.3 Å². The third-order valence-corrected chi connectivity index (χ3v) is 4.60. The van der Waals surface area contributed by atoms with Gasteiger partial charge in [-0.15, -0.1) is 0 Å². The smallest absolute Gasteiger partial charge is 0.410 e. The van der Waals surface area contributed by atoms with Crippen LogP contribution >= 0.6 is 0 Å². The van der Waals surface area contributed by atoms with Gasteiger partial charge in [0.1, 0.15) is 12.6 Å². The predicted octanol–water partition coefficient (Wildman–Crippen LogP) is 0.382. The van der Waals surface area contributed by atoms with E-state index in [1.54, 1.807) is 29.2 Å². The lowest BCUT2D eigenvalue weighted by atomic mass is 10.1. The van der Waals surface area contributed by atoms with Gasteiger partial charge >= 0.3 is 6.09 Å². The minimum absolute atomic E-state index is 0.164. The van der Waals surface area contributed by atoms with Crippen molar-refractivity contribution in [2.75, 3.05) is 19.6 Å². The number of nitrogens with one attached hydrogen (secondary N) is 1. The molecule has 1 atom stereocenters. The zero-order valence-electron chi connectivity index (χ0n) is 13.4. The molecule has 2 fully saturated rings. The summed E-state index contributed by atoms with van der Waals surface area (Å²) < 4.78 is 5.21. The number of nitrogens with zero attached hydrogens (tertiary/aromatic N) is 2. The molecule has 2 heterocycles. The molecular formula is C17H17N3O5. The summed E-state index contributed by atoms with van der Waals surface area (Å²) >= 11 is 0. The van der Waals surface area contributed by atoms with E-state index >= 15 is 0 Å². The highest BCUT2D eigenvalue weighted by molar-refractivity contribution is 6.22. The van der Waals surface area contributed by atoms with Crippen LogP contribution in [0.2, 0.25) is 0 Å². The van der Waals surface area contributed by atoms with Crippen molar-refractivity contribution >= 4 is 23.8 Å². The lowest BCUT2D eigenvalue weighted by Crippen LogP contribution is -2.43. The summed E-state index contributed by atoms with van der Waals surface area (Å²) in [5.41, 5.74) is 0.621. The van der Waals surface area contributed by atoms with E-state index in [-0.39, 0.29) is 25.2 Å². The van der Waals surface area contributed by atoms with Crippen LogP contribution in [0.4, 0.5) is 4.79 Å². The molecule has 8 heteroatoms. The highest BCUT2D eigenvalue weighted by Crippen LogP contribution is 2.30. The summed E-state index contributed by atoms with van der Waals surface area (Å²) in [7, 11) is 0. The Morgan fingerprint density at radius 1 is 1.12 bits per heavy atom. The topological polar surface area (TPSA) is 96.0 Å². The second-order valence-electron chi connectivity index (χ2n) is 6.44. The Kier molecular flexibility index (Phi) is 3.67. The monoisotopic (exact) mass is 343 g/mol. The number of ether oxygens (including phenoxy) is 1. The minimum Gasteiger partial charge on any atom is -0.442 e. The Hall–Kier alpha value is -2.90. The van der Waals surface area contributed by atoms with E-state index in [0.29, 0.717) is 17.7 Å². The first kappa shape index (κ1) is 15.6. The SMILES string of the molecule is O=C(CN1C(=O)c2ccccc2C1=O)NCC1CN(C2CC2)C(=O)O1. The molecule has 1 aromatic carbocycles. The van der Waals surface area contributed by atoms with Gasteiger partial charge in [0.2, 0.25) is 5.91 Å². The van der Waals surface area contributed by atoms with Crippen LogP contribution in [0.5, 0.6) is 0 Å². The van der Waals surface area contributed by atoms with Crippen LogP contribution in [-0.2, 0) is 9.53 Å². The molecule has 1 aliphatic carbocycles. The number of hydrogen-bond donors (Lipinski definition) is 1. The van der Waals surface area contributed by atoms with Crippen LogP contribution in [0, 0.1) is 0 Å². The van der Waals surface area contributed by atoms with Gasteiger partial charge < -0.3 is 15.0 Å². The van der Waals surface area contributed by atoms with Gasteiger partial charge in [-0.25, -0.2) is 4.79 Å². The predicted molar refractivity (Wildman–Crippen MR) is 84.8 cm³/mol. The third-order valence-electron chi connectivity index (χ3n) is 4.60. The number of fused-ring (bicyclic) bond motifs is 1. The number of carbonyl (C=O) groups is 4. The molecule has 25 heavy (non-hydrogen) atoms. The number of carbonyl (C=O) groups excluding carboxylic acids is 4. The van der Waals surface area contributed by atoms with E-state index < -0.39 is 23.8 Å². The highest BCUT2D eigenvalue weighted by atomic mass is 16.6. The van der Waals surface area contributed by atoms with Gasteiger partial charge in [-0.1, -0.05) is 12.1 Å². The molecule has 4 amide bonds. The van der Waals surface area contributed by atoms with E-state index in [1.807, 2.05) is 0 Å². The second kappa shape index (κ2) is 5.87. The number of rotatable bonds is 5. The van der Waals surface area contributed by atoms with Crippen LogP contribution in [0.3, 0.4) is 0 Å². The summed E-state index contributed by atoms with van der Waals surface area (Å²) in [4.78, 5) is 50.8. The summed E-state index contributed by atoms with van der Waals surface area (Å²) in [5, 5.41) is 2.63. The third kappa shape index (κ3) is 2.84. The second-order valence-corrected chi connectivity index (χ2v) is 6.44. The van der Waals surface area contributed by atoms with E-state index in [1.165, 1.54) is 0 Å². The molecule has 1 unspecified atom stereocenters. The van der Waals surface area contributed by atoms with Gasteiger partial charge in [-0.05, 0) is 25.0 Å². The molecule has 4 rings (SSSR count). The number of imide groups is 1. The van der Waals surface area contributed by atoms with Gasteiger partial charge in [0.25, 0.3) is 11.8 Å². The van der Waals surface area contributed by atoms with Crippen LogP contribution in [0.25, 0.3) is 0 Å². The molecule has 130 valence electrons. The van der Waals surface area contributed by atoms with Crippen LogP contribution in [0.1, 0.15) is 33.6 Å². The van der Waals surface area contributed by atoms with E-state index in [2.05, 4.69) is 5.32 Å². The molecule has 2 aliphatic heterocycles. The van der Waals surface area contributed by atoms with Crippen molar-refractivity contribution in [2.24, 2.45) is 0 Å². The van der Waals surface area contributed by atoms with Gasteiger partial charge in [0, 0.05) is 6.04 Å². The summed E-state index contributed by atoms with van der Waals surface area (Å²) in [6.45, 7) is 0.271. The Labute approximate surface area is 143 Å². The maximum Gasteiger partial charge on any atom is 0.410 e. The minimum atomic E-state index is -0.469. The molecule has 3 aliphatic rings. The fraction of sp³-hybridized carbons (Fsp3) is 0.412. The molecule has 1 aromatic rings. The van der Waals surface area contributed by atoms with E-state index in [9.17, 15) is 19.2 Å². The first-order valence-electron chi connectivity index (χ1n) is 8.24. The Morgan fingerprint density at radius 3 is 2.36 bits per heavy atom. The van der Waals surface area contributed by atoms with Crippen molar-refractivity contribution in [3.05, 3.63) is 35.4 Å². The van der Waals surface area contributed by atoms with Crippen molar-refractivity contribution in [2.45, 2.75) is 25.0 Å². The van der Waals surface area contributed by atoms with E-state index in [0.717, 1.165) is 17.7 Å². The van der Waals surface area contributed by atoms with Gasteiger partial charge in [-0.2, -0.15) is 0 Å². The average Bonchev–Trinajstić information content (AvgIpc) is 3.34. The molecule has 0 radical (unpaired) electrons. The fourth-order valence-corrected chi connectivity index (χ4v) is 3.14. The van der Waals surface area contributed by atoms with Gasteiger partial charge in [0.05, 0.1) is 24.2 Å². The largest absolute Gasteiger partial charge is 0.442 e. The Bertz CT molecular complexity index is 738. The molecule has 1 saturated carbocycles. The standard InChI is InChI=1S/C17H17N3O5/c21-14(18-7-11-8-19(10-5-6-10)17(24)25-11)9-20-15(22)12-3-1-2-4-13(12)16(20)23/h1-4,10-11H,5-9H2,(H,18,21). The van der Waals surface area contributed by atoms with Crippen LogP contribution < -0.4 is 5.32 Å². The van der Waals surface area contributed by atoms with Gasteiger partial charge in [-0.3, -0.25) is 19.3 Å². The van der Waals surface area contributed by atoms with Crippen LogP contribution in [-0.4, -0.2) is 65.4 Å². The average molecular weight is 343 g/mol. The number of cyclic esters (lactones) is 1. The van der Waals surface area contributed by atoms with Gasteiger partial charge in [0.15, 0.2) is 0 Å². The molecule has 8 nitrogen and oxygen atoms in total. The quantitative estimate of drug-likeness (QED) is 0.780. The van der Waals surface area contributed by atoms with E-state index in [4.69, 9.17) is 4.74 Å². The van der Waals surface area contributed by atoms with Crippen molar-refractivity contribution in [3.8, 4) is 0 Å². The molecule has 1 N–H and O–H groups in total. The molecule has 0 bridgehead atoms. The summed E-state index contributed by atoms with van der Waals surface area (Å²) in [6, 6.07) is 6.75. The maximum absolute atomic E-state index is 12.2. The number of hydrogen-bond acceptors (Lipinski definition) is 5. The maximum atomic E-state index is 12.2. The number of benzene rings is 1. The Morgan fingerprint density at radius 2 is 1.76 bits per heavy atom. The zero-order valence-corrected chi connectivity index (χ0v) is 13.4. The first-order valence-corrected chi connectivity index (χ1v) is 8.24. The van der Waals surface area contributed by atoms with Crippen molar-refractivity contribution in [1.29, 1.82) is 0 Å².